The molecule has 1 aliphatic rings. The molecule has 2 aromatic carbocycles. The number of anilines is 1. The molecule has 0 aliphatic carbocycles. The van der Waals surface area contributed by atoms with Gasteiger partial charge in [-0.05, 0) is 36.4 Å². The molecule has 0 bridgehead atoms. The largest absolute Gasteiger partial charge is 0.325 e. The number of fused-ring (bicyclic) bond motifs is 1. The summed E-state index contributed by atoms with van der Waals surface area (Å²) in [5, 5.41) is 5.03. The van der Waals surface area contributed by atoms with Crippen LogP contribution in [0.15, 0.2) is 67.0 Å². The van der Waals surface area contributed by atoms with Gasteiger partial charge >= 0.3 is 6.03 Å². The molecule has 0 atom stereocenters. The van der Waals surface area contributed by atoms with Gasteiger partial charge in [-0.15, -0.1) is 0 Å². The summed E-state index contributed by atoms with van der Waals surface area (Å²) in [6.45, 7) is 0.613. The van der Waals surface area contributed by atoms with Crippen molar-refractivity contribution < 1.29 is 18.4 Å². The Morgan fingerprint density at radius 3 is 2.53 bits per heavy atom. The number of amides is 2. The lowest BCUT2D eigenvalue weighted by Gasteiger charge is -2.19. The minimum atomic E-state index is -0.672. The minimum absolute atomic E-state index is 0.132. The molecule has 3 heterocycles. The molecule has 0 saturated carbocycles. The van der Waals surface area contributed by atoms with E-state index in [9.17, 15) is 18.4 Å². The van der Waals surface area contributed by atoms with E-state index in [1.165, 1.54) is 21.7 Å². The average Bonchev–Trinajstić information content (AvgIpc) is 3.38. The lowest BCUT2D eigenvalue weighted by Crippen LogP contribution is -2.35. The van der Waals surface area contributed by atoms with Crippen molar-refractivity contribution in [2.45, 2.75) is 0 Å². The Bertz CT molecular complexity index is 1340. The Balaban J connectivity index is 1.41. The third-order valence-electron chi connectivity index (χ3n) is 5.44. The zero-order valence-electron chi connectivity index (χ0n) is 16.8. The first-order chi connectivity index (χ1) is 15.5. The van der Waals surface area contributed by atoms with Crippen molar-refractivity contribution in [3.63, 3.8) is 0 Å². The smallest absolute Gasteiger partial charge is 0.315 e. The van der Waals surface area contributed by atoms with Crippen molar-refractivity contribution in [2.75, 3.05) is 24.5 Å². The normalized spacial score (nSPS) is 13.9. The van der Waals surface area contributed by atoms with E-state index in [4.69, 9.17) is 0 Å². The monoisotopic (exact) mass is 433 g/mol. The fourth-order valence-corrected chi connectivity index (χ4v) is 3.84. The average molecular weight is 433 g/mol. The van der Waals surface area contributed by atoms with Crippen molar-refractivity contribution in [2.24, 2.45) is 0 Å². The molecule has 0 N–H and O–H groups in total. The fourth-order valence-electron chi connectivity index (χ4n) is 3.84. The maximum atomic E-state index is 14.3. The molecule has 5 rings (SSSR count). The second kappa shape index (κ2) is 7.84. The van der Waals surface area contributed by atoms with Crippen LogP contribution in [0.2, 0.25) is 0 Å². The molecule has 7 nitrogen and oxygen atoms in total. The Hall–Kier alpha value is -4.14. The first-order valence-corrected chi connectivity index (χ1v) is 9.96. The number of halogens is 2. The van der Waals surface area contributed by atoms with Crippen molar-refractivity contribution >= 4 is 28.4 Å². The highest BCUT2D eigenvalue weighted by Crippen LogP contribution is 2.31. The summed E-state index contributed by atoms with van der Waals surface area (Å²) in [7, 11) is 0. The van der Waals surface area contributed by atoms with E-state index in [-0.39, 0.29) is 23.9 Å². The number of carbonyl (C=O) groups excluding carboxylic acids is 2. The molecule has 1 aliphatic heterocycles. The molecule has 1 saturated heterocycles. The number of rotatable bonds is 5. The van der Waals surface area contributed by atoms with Crippen LogP contribution in [0.25, 0.3) is 16.6 Å². The molecule has 0 unspecified atom stereocenters. The van der Waals surface area contributed by atoms with Gasteiger partial charge in [0.2, 0.25) is 5.95 Å². The van der Waals surface area contributed by atoms with Crippen LogP contribution in [0.4, 0.5) is 19.3 Å². The van der Waals surface area contributed by atoms with Crippen LogP contribution in [-0.4, -0.2) is 51.1 Å². The predicted molar refractivity (Wildman–Crippen MR) is 114 cm³/mol. The Kier molecular flexibility index (Phi) is 4.85. The van der Waals surface area contributed by atoms with Gasteiger partial charge in [0.05, 0.1) is 23.9 Å². The van der Waals surface area contributed by atoms with Gasteiger partial charge in [-0.1, -0.05) is 18.2 Å². The highest BCUT2D eigenvalue weighted by atomic mass is 19.1. The summed E-state index contributed by atoms with van der Waals surface area (Å²) in [4.78, 5) is 32.0. The van der Waals surface area contributed by atoms with Crippen LogP contribution >= 0.6 is 0 Å². The molecule has 0 spiro atoms. The number of para-hydroxylation sites is 1. The van der Waals surface area contributed by atoms with E-state index < -0.39 is 11.8 Å². The fraction of sp³-hybridized carbons (Fsp3) is 0.130. The lowest BCUT2D eigenvalue weighted by molar-refractivity contribution is 0.0954. The first kappa shape index (κ1) is 19.8. The third-order valence-corrected chi connectivity index (χ3v) is 5.44. The molecule has 1 fully saturated rings. The molecular formula is C23H17F2N5O2. The number of carbonyl (C=O) groups is 2. The van der Waals surface area contributed by atoms with Gasteiger partial charge in [-0.2, -0.15) is 9.49 Å². The topological polar surface area (TPSA) is 71.3 Å². The third kappa shape index (κ3) is 3.37. The summed E-state index contributed by atoms with van der Waals surface area (Å²) < 4.78 is 28.8. The number of hydrogen-bond acceptors (Lipinski definition) is 4. The van der Waals surface area contributed by atoms with E-state index in [1.54, 1.807) is 41.4 Å². The molecule has 32 heavy (non-hydrogen) atoms. The van der Waals surface area contributed by atoms with E-state index in [0.717, 1.165) is 12.3 Å². The summed E-state index contributed by atoms with van der Waals surface area (Å²) >= 11 is 0. The molecule has 2 amide bonds. The zero-order chi connectivity index (χ0) is 22.2. The molecule has 9 heteroatoms. The number of aromatic nitrogens is 3. The first-order valence-electron chi connectivity index (χ1n) is 9.96. The van der Waals surface area contributed by atoms with Gasteiger partial charge in [0.15, 0.2) is 5.78 Å². The van der Waals surface area contributed by atoms with Crippen LogP contribution in [0, 0.1) is 11.8 Å². The van der Waals surface area contributed by atoms with Crippen LogP contribution in [0.5, 0.6) is 0 Å². The molecule has 4 aromatic rings. The number of Topliss-reactive ketones (excluding diaryl/α,β-unsaturated/α-hetero) is 1. The Morgan fingerprint density at radius 2 is 1.75 bits per heavy atom. The minimum Gasteiger partial charge on any atom is -0.315 e. The molecule has 160 valence electrons. The van der Waals surface area contributed by atoms with Crippen molar-refractivity contribution in [1.82, 2.24) is 19.7 Å². The predicted octanol–water partition coefficient (Wildman–Crippen LogP) is 3.82. The number of ketones is 1. The second-order valence-corrected chi connectivity index (χ2v) is 7.37. The number of nitrogens with zero attached hydrogens (tertiary/aromatic N) is 5. The van der Waals surface area contributed by atoms with Gasteiger partial charge in [0, 0.05) is 30.2 Å². The summed E-state index contributed by atoms with van der Waals surface area (Å²) in [6.07, 6.45) is 2.76. The number of urea groups is 1. The lowest BCUT2D eigenvalue weighted by atomic mass is 10.2. The van der Waals surface area contributed by atoms with Gasteiger partial charge in [0.1, 0.15) is 11.5 Å². The van der Waals surface area contributed by atoms with Gasteiger partial charge in [0.25, 0.3) is 0 Å². The van der Waals surface area contributed by atoms with Crippen LogP contribution in [0.1, 0.15) is 10.4 Å². The van der Waals surface area contributed by atoms with E-state index in [0.29, 0.717) is 35.4 Å². The van der Waals surface area contributed by atoms with Crippen molar-refractivity contribution in [3.8, 4) is 5.69 Å². The van der Waals surface area contributed by atoms with Crippen LogP contribution in [-0.2, 0) is 0 Å². The van der Waals surface area contributed by atoms with Gasteiger partial charge < -0.3 is 4.90 Å². The standard InChI is InChI=1S/C23H17F2N5O2/c24-17-4-1-2-5-20(17)30-19-7-3-6-18(16(19)13-27-30)29-11-10-28(23(29)32)14-21(31)15-8-9-22(25)26-12-15/h1-9,12-13H,10-11,14H2. The Morgan fingerprint density at radius 1 is 0.938 bits per heavy atom. The number of hydrogen-bond donors (Lipinski definition) is 0. The highest BCUT2D eigenvalue weighted by Gasteiger charge is 2.32. The Labute approximate surface area is 181 Å². The number of benzene rings is 2. The second-order valence-electron chi connectivity index (χ2n) is 7.37. The molecule has 0 radical (unpaired) electrons. The van der Waals surface area contributed by atoms with Gasteiger partial charge in [-0.25, -0.2) is 18.9 Å². The van der Waals surface area contributed by atoms with Crippen LogP contribution < -0.4 is 4.90 Å². The zero-order valence-corrected chi connectivity index (χ0v) is 16.8. The van der Waals surface area contributed by atoms with E-state index >= 15 is 0 Å². The molecule has 2 aromatic heterocycles. The van der Waals surface area contributed by atoms with E-state index in [2.05, 4.69) is 10.1 Å². The quantitative estimate of drug-likeness (QED) is 0.354. The summed E-state index contributed by atoms with van der Waals surface area (Å²) in [6, 6.07) is 13.9. The molecular weight excluding hydrogens is 416 g/mol. The van der Waals surface area contributed by atoms with Gasteiger partial charge in [-0.3, -0.25) is 9.69 Å². The summed E-state index contributed by atoms with van der Waals surface area (Å²) in [5.41, 5.74) is 1.85. The van der Waals surface area contributed by atoms with Crippen LogP contribution in [0.3, 0.4) is 0 Å². The van der Waals surface area contributed by atoms with Crippen molar-refractivity contribution in [3.05, 3.63) is 84.3 Å². The maximum Gasteiger partial charge on any atom is 0.325 e. The number of pyridine rings is 1. The van der Waals surface area contributed by atoms with E-state index in [1.807, 2.05) is 6.07 Å². The SMILES string of the molecule is O=C(CN1CCN(c2cccc3c2cnn3-c2ccccc2F)C1=O)c1ccc(F)nc1. The van der Waals surface area contributed by atoms with Crippen molar-refractivity contribution in [1.29, 1.82) is 0 Å². The maximum absolute atomic E-state index is 14.3. The summed E-state index contributed by atoms with van der Waals surface area (Å²) in [5.74, 6) is -1.40. The highest BCUT2D eigenvalue weighted by molar-refractivity contribution is 6.06.